The minimum absolute atomic E-state index is 0.155. The van der Waals surface area contributed by atoms with Gasteiger partial charge in [-0.05, 0) is 40.6 Å². The quantitative estimate of drug-likeness (QED) is 0.536. The molecule has 1 aliphatic heterocycles. The highest BCUT2D eigenvalue weighted by molar-refractivity contribution is 14.1. The molecule has 68 valence electrons. The lowest BCUT2D eigenvalue weighted by Crippen LogP contribution is -2.32. The van der Waals surface area contributed by atoms with Crippen LogP contribution in [0, 0.1) is 3.70 Å². The predicted molar refractivity (Wildman–Crippen MR) is 58.7 cm³/mol. The van der Waals surface area contributed by atoms with Crippen molar-refractivity contribution in [1.82, 2.24) is 4.98 Å². The fraction of sp³-hybridized carbons (Fsp3) is 0.333. The number of hydrogen-bond donors (Lipinski definition) is 0. The van der Waals surface area contributed by atoms with E-state index in [0.29, 0.717) is 6.42 Å². The highest BCUT2D eigenvalue weighted by atomic mass is 127. The number of carbonyl (C=O) groups is 1. The summed E-state index contributed by atoms with van der Waals surface area (Å²) in [6, 6.07) is 4.02. The maximum Gasteiger partial charge on any atom is 0.228 e. The lowest BCUT2D eigenvalue weighted by Gasteiger charge is -2.24. The smallest absolute Gasteiger partial charge is 0.228 e. The van der Waals surface area contributed by atoms with Gasteiger partial charge < -0.3 is 0 Å². The molecule has 0 bridgehead atoms. The second kappa shape index (κ2) is 3.25. The van der Waals surface area contributed by atoms with E-state index in [4.69, 9.17) is 0 Å². The molecule has 0 unspecified atom stereocenters. The third kappa shape index (κ3) is 1.54. The number of carbonyl (C=O) groups excluding carboxylic acids is 1. The Morgan fingerprint density at radius 1 is 1.46 bits per heavy atom. The second-order valence-electron chi connectivity index (χ2n) is 3.07. The molecule has 0 spiro atoms. The van der Waals surface area contributed by atoms with Gasteiger partial charge in [-0.2, -0.15) is 0 Å². The van der Waals surface area contributed by atoms with Gasteiger partial charge in [0, 0.05) is 13.5 Å². The van der Waals surface area contributed by atoms with Crippen molar-refractivity contribution < 1.29 is 4.79 Å². The summed E-state index contributed by atoms with van der Waals surface area (Å²) in [6.45, 7) is 0. The number of hydrogen-bond acceptors (Lipinski definition) is 2. The van der Waals surface area contributed by atoms with Gasteiger partial charge in [0.15, 0.2) is 0 Å². The minimum Gasteiger partial charge on any atom is -0.300 e. The zero-order valence-corrected chi connectivity index (χ0v) is 9.41. The van der Waals surface area contributed by atoms with Crippen LogP contribution in [0.25, 0.3) is 0 Å². The van der Waals surface area contributed by atoms with Gasteiger partial charge in [-0.1, -0.05) is 6.07 Å². The summed E-state index contributed by atoms with van der Waals surface area (Å²) in [4.78, 5) is 17.3. The van der Waals surface area contributed by atoms with E-state index in [1.54, 1.807) is 11.9 Å². The third-order valence-electron chi connectivity index (χ3n) is 2.22. The van der Waals surface area contributed by atoms with Gasteiger partial charge in [-0.15, -0.1) is 0 Å². The van der Waals surface area contributed by atoms with E-state index in [0.717, 1.165) is 15.9 Å². The standard InChI is InChI=1S/C9H9IN2O/c1-12-8(13)5-3-6-2-4-7(10)11-9(6)12/h2,4H,3,5H2,1H3. The summed E-state index contributed by atoms with van der Waals surface area (Å²) in [5, 5.41) is 0. The highest BCUT2D eigenvalue weighted by Crippen LogP contribution is 2.24. The Morgan fingerprint density at radius 2 is 2.23 bits per heavy atom. The Hall–Kier alpha value is -0.650. The topological polar surface area (TPSA) is 33.2 Å². The van der Waals surface area contributed by atoms with E-state index in [1.165, 1.54) is 5.56 Å². The third-order valence-corrected chi connectivity index (χ3v) is 2.82. The molecule has 0 saturated carbocycles. The van der Waals surface area contributed by atoms with Crippen molar-refractivity contribution in [3.63, 3.8) is 0 Å². The normalized spacial score (nSPS) is 15.8. The largest absolute Gasteiger partial charge is 0.300 e. The van der Waals surface area contributed by atoms with Gasteiger partial charge in [0.1, 0.15) is 9.52 Å². The van der Waals surface area contributed by atoms with Crippen LogP contribution in [0.5, 0.6) is 0 Å². The highest BCUT2D eigenvalue weighted by Gasteiger charge is 2.21. The molecule has 0 radical (unpaired) electrons. The Morgan fingerprint density at radius 3 is 3.00 bits per heavy atom. The first kappa shape index (κ1) is 8.93. The van der Waals surface area contributed by atoms with E-state index in [9.17, 15) is 4.79 Å². The zero-order chi connectivity index (χ0) is 9.42. The molecule has 4 heteroatoms. The summed E-state index contributed by atoms with van der Waals surface area (Å²) >= 11 is 2.15. The van der Waals surface area contributed by atoms with E-state index in [-0.39, 0.29) is 5.91 Å². The number of pyridine rings is 1. The number of halogens is 1. The number of aromatic nitrogens is 1. The molecule has 2 heterocycles. The maximum absolute atomic E-state index is 11.4. The minimum atomic E-state index is 0.155. The summed E-state index contributed by atoms with van der Waals surface area (Å²) in [5.74, 6) is 0.977. The van der Waals surface area contributed by atoms with Crippen LogP contribution in [0.2, 0.25) is 0 Å². The SMILES string of the molecule is CN1C(=O)CCc2ccc(I)nc21. The van der Waals surface area contributed by atoms with Gasteiger partial charge in [-0.3, -0.25) is 9.69 Å². The van der Waals surface area contributed by atoms with E-state index in [2.05, 4.69) is 27.6 Å². The zero-order valence-electron chi connectivity index (χ0n) is 7.25. The molecular formula is C9H9IN2O. The van der Waals surface area contributed by atoms with Gasteiger partial charge in [-0.25, -0.2) is 4.98 Å². The van der Waals surface area contributed by atoms with Gasteiger partial charge in [0.05, 0.1) is 0 Å². The Kier molecular flexibility index (Phi) is 2.23. The van der Waals surface area contributed by atoms with Gasteiger partial charge in [0.2, 0.25) is 5.91 Å². The molecule has 13 heavy (non-hydrogen) atoms. The number of aryl methyl sites for hydroxylation is 1. The predicted octanol–water partition coefficient (Wildman–Crippen LogP) is 1.60. The summed E-state index contributed by atoms with van der Waals surface area (Å²) < 4.78 is 0.929. The first-order valence-electron chi connectivity index (χ1n) is 4.10. The molecule has 1 aromatic rings. The summed E-state index contributed by atoms with van der Waals surface area (Å²) in [5.41, 5.74) is 1.17. The molecular weight excluding hydrogens is 279 g/mol. The fourth-order valence-electron chi connectivity index (χ4n) is 1.47. The van der Waals surface area contributed by atoms with Crippen LogP contribution in [0.15, 0.2) is 12.1 Å². The van der Waals surface area contributed by atoms with E-state index in [1.807, 2.05) is 12.1 Å². The van der Waals surface area contributed by atoms with Gasteiger partial charge >= 0.3 is 0 Å². The first-order valence-corrected chi connectivity index (χ1v) is 5.18. The Bertz CT molecular complexity index is 365. The number of amides is 1. The molecule has 0 aliphatic carbocycles. The number of nitrogens with zero attached hydrogens (tertiary/aromatic N) is 2. The second-order valence-corrected chi connectivity index (χ2v) is 4.17. The number of anilines is 1. The van der Waals surface area contributed by atoms with Crippen molar-refractivity contribution in [2.24, 2.45) is 0 Å². The van der Waals surface area contributed by atoms with E-state index < -0.39 is 0 Å². The lowest BCUT2D eigenvalue weighted by molar-refractivity contribution is -0.118. The monoisotopic (exact) mass is 288 g/mol. The van der Waals surface area contributed by atoms with Crippen LogP contribution in [-0.2, 0) is 11.2 Å². The van der Waals surface area contributed by atoms with Crippen LogP contribution < -0.4 is 4.90 Å². The molecule has 0 aromatic carbocycles. The average Bonchev–Trinajstić information content (AvgIpc) is 2.12. The van der Waals surface area contributed by atoms with Gasteiger partial charge in [0.25, 0.3) is 0 Å². The van der Waals surface area contributed by atoms with Crippen LogP contribution in [0.3, 0.4) is 0 Å². The van der Waals surface area contributed by atoms with Crippen LogP contribution in [-0.4, -0.2) is 17.9 Å². The molecule has 1 amide bonds. The molecule has 0 N–H and O–H groups in total. The van der Waals surface area contributed by atoms with E-state index >= 15 is 0 Å². The maximum atomic E-state index is 11.4. The molecule has 1 aliphatic rings. The average molecular weight is 288 g/mol. The number of fused-ring (bicyclic) bond motifs is 1. The van der Waals surface area contributed by atoms with Crippen molar-refractivity contribution in [1.29, 1.82) is 0 Å². The Balaban J connectivity index is 2.51. The summed E-state index contributed by atoms with van der Waals surface area (Å²) in [7, 11) is 1.78. The van der Waals surface area contributed by atoms with Crippen molar-refractivity contribution in [3.05, 3.63) is 21.4 Å². The molecule has 0 atom stereocenters. The van der Waals surface area contributed by atoms with Crippen molar-refractivity contribution >= 4 is 34.3 Å². The van der Waals surface area contributed by atoms with Crippen molar-refractivity contribution in [3.8, 4) is 0 Å². The molecule has 2 rings (SSSR count). The molecule has 0 saturated heterocycles. The molecule has 1 aromatic heterocycles. The van der Waals surface area contributed by atoms with Crippen molar-refractivity contribution in [2.45, 2.75) is 12.8 Å². The van der Waals surface area contributed by atoms with Crippen LogP contribution >= 0.6 is 22.6 Å². The van der Waals surface area contributed by atoms with Crippen LogP contribution in [0.4, 0.5) is 5.82 Å². The fourth-order valence-corrected chi connectivity index (χ4v) is 1.88. The summed E-state index contributed by atoms with van der Waals surface area (Å²) in [6.07, 6.45) is 1.42. The Labute approximate surface area is 90.3 Å². The molecule has 0 fully saturated rings. The van der Waals surface area contributed by atoms with Crippen LogP contribution in [0.1, 0.15) is 12.0 Å². The van der Waals surface area contributed by atoms with Crippen molar-refractivity contribution in [2.75, 3.05) is 11.9 Å². The lowest BCUT2D eigenvalue weighted by atomic mass is 10.1. The molecule has 3 nitrogen and oxygen atoms in total. The first-order chi connectivity index (χ1) is 6.18. The number of rotatable bonds is 0.